The van der Waals surface area contributed by atoms with Crippen molar-refractivity contribution in [1.82, 2.24) is 9.80 Å². The third kappa shape index (κ3) is 4.77. The zero-order valence-corrected chi connectivity index (χ0v) is 16.0. The van der Waals surface area contributed by atoms with Crippen LogP contribution in [0, 0.1) is 5.92 Å². The fourth-order valence-corrected chi connectivity index (χ4v) is 3.60. The highest BCUT2D eigenvalue weighted by Crippen LogP contribution is 2.22. The number of piperidine rings is 1. The lowest BCUT2D eigenvalue weighted by atomic mass is 9.97. The number of amides is 2. The molecule has 1 fully saturated rings. The summed E-state index contributed by atoms with van der Waals surface area (Å²) in [6.07, 6.45) is 1.72. The summed E-state index contributed by atoms with van der Waals surface area (Å²) in [5.41, 5.74) is 6.50. The number of likely N-dealkylation sites (tertiary alicyclic amines) is 1. The smallest absolute Gasteiger partial charge is 0.236 e. The van der Waals surface area contributed by atoms with Gasteiger partial charge in [-0.2, -0.15) is 0 Å². The third-order valence-corrected chi connectivity index (χ3v) is 5.22. The molecule has 1 aliphatic heterocycles. The molecule has 3 rings (SSSR count). The molecule has 0 unspecified atom stereocenters. The average Bonchev–Trinajstić information content (AvgIpc) is 2.67. The number of methoxy groups -OCH3 is 1. The summed E-state index contributed by atoms with van der Waals surface area (Å²) in [7, 11) is 3.47. The Labute approximate surface area is 159 Å². The predicted molar refractivity (Wildman–Crippen MR) is 105 cm³/mol. The van der Waals surface area contributed by atoms with Gasteiger partial charge in [0.05, 0.1) is 19.6 Å². The Balaban J connectivity index is 1.60. The molecule has 0 bridgehead atoms. The van der Waals surface area contributed by atoms with Crippen LogP contribution in [0.3, 0.4) is 0 Å². The zero-order chi connectivity index (χ0) is 19.4. The molecule has 2 amide bonds. The number of ether oxygens (including phenoxy) is 1. The summed E-state index contributed by atoms with van der Waals surface area (Å²) in [6.45, 7) is 2.28. The van der Waals surface area contributed by atoms with Crippen LogP contribution >= 0.6 is 0 Å². The number of likely N-dealkylation sites (N-methyl/N-ethyl adjacent to an activating group) is 1. The number of nitrogens with two attached hydrogens (primary N) is 1. The lowest BCUT2D eigenvalue weighted by Gasteiger charge is -2.31. The van der Waals surface area contributed by atoms with Crippen molar-refractivity contribution in [3.63, 3.8) is 0 Å². The highest BCUT2D eigenvalue weighted by molar-refractivity contribution is 5.85. The van der Waals surface area contributed by atoms with E-state index in [9.17, 15) is 9.59 Å². The van der Waals surface area contributed by atoms with Crippen LogP contribution in [0.5, 0.6) is 5.75 Å². The molecule has 2 aromatic rings. The second-order valence-electron chi connectivity index (χ2n) is 7.27. The fourth-order valence-electron chi connectivity index (χ4n) is 3.60. The lowest BCUT2D eigenvalue weighted by Crippen LogP contribution is -2.45. The molecule has 0 aromatic heterocycles. The van der Waals surface area contributed by atoms with E-state index in [1.54, 1.807) is 12.0 Å². The summed E-state index contributed by atoms with van der Waals surface area (Å²) in [5, 5.41) is 2.23. The van der Waals surface area contributed by atoms with Crippen molar-refractivity contribution in [2.24, 2.45) is 11.7 Å². The van der Waals surface area contributed by atoms with Crippen molar-refractivity contribution in [3.8, 4) is 5.75 Å². The number of primary amides is 1. The van der Waals surface area contributed by atoms with Crippen LogP contribution in [0.1, 0.15) is 18.4 Å². The van der Waals surface area contributed by atoms with Crippen molar-refractivity contribution in [2.45, 2.75) is 19.4 Å². The minimum absolute atomic E-state index is 0.0509. The molecule has 0 radical (unpaired) electrons. The predicted octanol–water partition coefficient (Wildman–Crippen LogP) is 2.00. The molecule has 2 N–H and O–H groups in total. The van der Waals surface area contributed by atoms with Gasteiger partial charge in [0, 0.05) is 20.1 Å². The minimum Gasteiger partial charge on any atom is -0.497 e. The molecule has 0 spiro atoms. The second kappa shape index (κ2) is 8.39. The molecule has 0 aliphatic carbocycles. The Morgan fingerprint density at radius 3 is 2.70 bits per heavy atom. The summed E-state index contributed by atoms with van der Waals surface area (Å²) in [5.74, 6) is 0.468. The average molecular weight is 369 g/mol. The molecule has 6 nitrogen and oxygen atoms in total. The summed E-state index contributed by atoms with van der Waals surface area (Å²) in [6, 6.07) is 12.1. The Morgan fingerprint density at radius 2 is 1.96 bits per heavy atom. The lowest BCUT2D eigenvalue weighted by molar-refractivity contribution is -0.133. The largest absolute Gasteiger partial charge is 0.497 e. The van der Waals surface area contributed by atoms with Crippen molar-refractivity contribution in [2.75, 3.05) is 33.8 Å². The van der Waals surface area contributed by atoms with Gasteiger partial charge in [0.25, 0.3) is 0 Å². The molecule has 2 aromatic carbocycles. The standard InChI is InChI=1S/C21H27N3O3/c1-23(20(25)14-24-9-3-4-18(13-24)21(22)26)12-15-5-6-17-11-19(27-2)8-7-16(17)10-15/h5-8,10-11,18H,3-4,9,12-14H2,1-2H3,(H2,22,26)/t18-/m1/s1. The highest BCUT2D eigenvalue weighted by atomic mass is 16.5. The van der Waals surface area contributed by atoms with Crippen molar-refractivity contribution < 1.29 is 14.3 Å². The van der Waals surface area contributed by atoms with Gasteiger partial charge in [0.2, 0.25) is 11.8 Å². The molecule has 144 valence electrons. The quantitative estimate of drug-likeness (QED) is 0.845. The van der Waals surface area contributed by atoms with Gasteiger partial charge in [-0.05, 0) is 53.9 Å². The number of benzene rings is 2. The molecule has 1 atom stereocenters. The number of rotatable bonds is 6. The maximum atomic E-state index is 12.6. The van der Waals surface area contributed by atoms with Crippen LogP contribution < -0.4 is 10.5 Å². The molecule has 0 saturated carbocycles. The molecular formula is C21H27N3O3. The zero-order valence-electron chi connectivity index (χ0n) is 16.0. The van der Waals surface area contributed by atoms with E-state index < -0.39 is 0 Å². The first-order chi connectivity index (χ1) is 13.0. The van der Waals surface area contributed by atoms with Crippen LogP contribution in [0.15, 0.2) is 36.4 Å². The van der Waals surface area contributed by atoms with Crippen LogP contribution in [0.25, 0.3) is 10.8 Å². The van der Waals surface area contributed by atoms with Crippen LogP contribution in [0.2, 0.25) is 0 Å². The first-order valence-corrected chi connectivity index (χ1v) is 9.28. The van der Waals surface area contributed by atoms with E-state index in [0.717, 1.165) is 41.5 Å². The van der Waals surface area contributed by atoms with Crippen molar-refractivity contribution in [3.05, 3.63) is 42.0 Å². The van der Waals surface area contributed by atoms with Gasteiger partial charge in [-0.25, -0.2) is 0 Å². The van der Waals surface area contributed by atoms with E-state index in [4.69, 9.17) is 10.5 Å². The number of nitrogens with zero attached hydrogens (tertiary/aromatic N) is 2. The van der Waals surface area contributed by atoms with Crippen molar-refractivity contribution >= 4 is 22.6 Å². The van der Waals surface area contributed by atoms with Gasteiger partial charge in [0.1, 0.15) is 5.75 Å². The van der Waals surface area contributed by atoms with E-state index in [1.807, 2.05) is 42.3 Å². The van der Waals surface area contributed by atoms with Crippen LogP contribution in [-0.2, 0) is 16.1 Å². The Morgan fingerprint density at radius 1 is 1.22 bits per heavy atom. The van der Waals surface area contributed by atoms with Gasteiger partial charge >= 0.3 is 0 Å². The number of hydrogen-bond donors (Lipinski definition) is 1. The molecule has 6 heteroatoms. The third-order valence-electron chi connectivity index (χ3n) is 5.22. The second-order valence-corrected chi connectivity index (χ2v) is 7.27. The van der Waals surface area contributed by atoms with Crippen LogP contribution in [0.4, 0.5) is 0 Å². The summed E-state index contributed by atoms with van der Waals surface area (Å²) < 4.78 is 5.26. The number of carbonyl (C=O) groups excluding carboxylic acids is 2. The van der Waals surface area contributed by atoms with Crippen LogP contribution in [-0.4, -0.2) is 55.4 Å². The fraction of sp³-hybridized carbons (Fsp3) is 0.429. The maximum absolute atomic E-state index is 12.6. The van der Waals surface area contributed by atoms with E-state index in [2.05, 4.69) is 6.07 Å². The summed E-state index contributed by atoms with van der Waals surface area (Å²) in [4.78, 5) is 27.8. The van der Waals surface area contributed by atoms with Crippen molar-refractivity contribution in [1.29, 1.82) is 0 Å². The Hall–Kier alpha value is -2.60. The van der Waals surface area contributed by atoms with Gasteiger partial charge in [-0.3, -0.25) is 14.5 Å². The van der Waals surface area contributed by atoms with Gasteiger partial charge < -0.3 is 15.4 Å². The molecule has 1 heterocycles. The Kier molecular flexibility index (Phi) is 5.96. The number of hydrogen-bond acceptors (Lipinski definition) is 4. The molecular weight excluding hydrogens is 342 g/mol. The number of fused-ring (bicyclic) bond motifs is 1. The minimum atomic E-state index is -0.270. The maximum Gasteiger partial charge on any atom is 0.236 e. The number of carbonyl (C=O) groups is 2. The van der Waals surface area contributed by atoms with Gasteiger partial charge in [-0.1, -0.05) is 18.2 Å². The first-order valence-electron chi connectivity index (χ1n) is 9.28. The highest BCUT2D eigenvalue weighted by Gasteiger charge is 2.25. The SMILES string of the molecule is COc1ccc2cc(CN(C)C(=O)CN3CCC[C@@H](C(N)=O)C3)ccc2c1. The molecule has 1 aliphatic rings. The monoisotopic (exact) mass is 369 g/mol. The van der Waals surface area contributed by atoms with E-state index in [1.165, 1.54) is 0 Å². The molecule has 27 heavy (non-hydrogen) atoms. The van der Waals surface area contributed by atoms with E-state index >= 15 is 0 Å². The van der Waals surface area contributed by atoms with E-state index in [0.29, 0.717) is 19.6 Å². The van der Waals surface area contributed by atoms with Gasteiger partial charge in [0.15, 0.2) is 0 Å². The van der Waals surface area contributed by atoms with E-state index in [-0.39, 0.29) is 17.7 Å². The topological polar surface area (TPSA) is 75.9 Å². The molecule has 1 saturated heterocycles. The Bertz CT molecular complexity index is 837. The first kappa shape index (κ1) is 19.2. The summed E-state index contributed by atoms with van der Waals surface area (Å²) >= 11 is 0. The van der Waals surface area contributed by atoms with Gasteiger partial charge in [-0.15, -0.1) is 0 Å². The normalized spacial score (nSPS) is 17.6.